The molecule has 5 aromatic carbocycles. The Kier molecular flexibility index (Phi) is 10.4. The zero-order valence-corrected chi connectivity index (χ0v) is 24.6. The molecule has 5 nitrogen and oxygen atoms in total. The lowest BCUT2D eigenvalue weighted by Crippen LogP contribution is -2.13. The first kappa shape index (κ1) is 28.9. The summed E-state index contributed by atoms with van der Waals surface area (Å²) in [6.45, 7) is 0. The number of rotatable bonds is 7. The van der Waals surface area contributed by atoms with Gasteiger partial charge in [-0.2, -0.15) is 0 Å². The fourth-order valence-corrected chi connectivity index (χ4v) is 4.80. The second-order valence-corrected chi connectivity index (χ2v) is 10.8. The van der Waals surface area contributed by atoms with E-state index in [1.807, 2.05) is 103 Å². The smallest absolute Gasteiger partial charge is 0.274 e. The zero-order valence-electron chi connectivity index (χ0n) is 21.5. The number of carbonyl (C=O) groups is 1. The van der Waals surface area contributed by atoms with Crippen LogP contribution in [0.15, 0.2) is 136 Å². The van der Waals surface area contributed by atoms with Gasteiger partial charge in [-0.25, -0.2) is 0 Å². The second-order valence-electron chi connectivity index (χ2n) is 8.98. The molecule has 0 aliphatic carbocycles. The number of anilines is 1. The average molecular weight is 658 g/mol. The minimum absolute atomic E-state index is 0.0991. The van der Waals surface area contributed by atoms with Crippen LogP contribution in [0, 0.1) is 10.1 Å². The van der Waals surface area contributed by atoms with Crippen LogP contribution in [0.5, 0.6) is 0 Å². The van der Waals surface area contributed by atoms with Gasteiger partial charge in [0.1, 0.15) is 0 Å². The molecule has 0 spiro atoms. The number of hydrogen-bond acceptors (Lipinski definition) is 3. The normalized spacial score (nSPS) is 10.2. The largest absolute Gasteiger partial charge is 0.322 e. The van der Waals surface area contributed by atoms with Crippen molar-refractivity contribution < 1.29 is 9.72 Å². The highest BCUT2D eigenvalue weighted by atomic mass is 79.9. The molecule has 0 unspecified atom stereocenters. The molecule has 0 aromatic heterocycles. The molecule has 0 bridgehead atoms. The maximum absolute atomic E-state index is 12.4. The molecule has 0 atom stereocenters. The first-order chi connectivity index (χ1) is 19.4. The molecule has 1 amide bonds. The highest BCUT2D eigenvalue weighted by molar-refractivity contribution is 9.10. The van der Waals surface area contributed by atoms with Crippen LogP contribution in [0.1, 0.15) is 32.6 Å². The molecular weight excluding hydrogens is 632 g/mol. The summed E-state index contributed by atoms with van der Waals surface area (Å²) in [7, 11) is 0. The predicted molar refractivity (Wildman–Crippen MR) is 168 cm³/mol. The Balaban J connectivity index is 0.000000194. The molecule has 0 aliphatic heterocycles. The van der Waals surface area contributed by atoms with Crippen LogP contribution in [0.2, 0.25) is 0 Å². The molecule has 0 saturated carbocycles. The molecule has 0 heterocycles. The Morgan fingerprint density at radius 1 is 0.650 bits per heavy atom. The lowest BCUT2D eigenvalue weighted by atomic mass is 10.0. The number of halogens is 2. The first-order valence-corrected chi connectivity index (χ1v) is 14.1. The topological polar surface area (TPSA) is 72.2 Å². The number of carbonyl (C=O) groups excluding carboxylic acids is 1. The van der Waals surface area contributed by atoms with Crippen LogP contribution in [0.3, 0.4) is 0 Å². The molecular formula is C33H26Br2N2O3. The molecule has 7 heteroatoms. The number of nitrogens with one attached hydrogen (secondary N) is 1. The van der Waals surface area contributed by atoms with Gasteiger partial charge in [0, 0.05) is 38.2 Å². The summed E-state index contributed by atoms with van der Waals surface area (Å²) in [5.74, 6) is -0.0991. The van der Waals surface area contributed by atoms with E-state index in [-0.39, 0.29) is 16.5 Å². The summed E-state index contributed by atoms with van der Waals surface area (Å²) in [5, 5.41) is 14.0. The number of nitro groups is 1. The molecule has 200 valence electrons. The Morgan fingerprint density at radius 2 is 1.12 bits per heavy atom. The van der Waals surface area contributed by atoms with Gasteiger partial charge in [0.25, 0.3) is 11.6 Å². The van der Waals surface area contributed by atoms with Crippen molar-refractivity contribution in [1.29, 1.82) is 0 Å². The summed E-state index contributed by atoms with van der Waals surface area (Å²) in [6.07, 6.45) is 1.35. The Hall–Kier alpha value is -4.07. The average Bonchev–Trinajstić information content (AvgIpc) is 2.97. The van der Waals surface area contributed by atoms with Crippen molar-refractivity contribution in [3.63, 3.8) is 0 Å². The monoisotopic (exact) mass is 656 g/mol. The molecule has 1 N–H and O–H groups in total. The Labute approximate surface area is 250 Å². The third-order valence-corrected chi connectivity index (χ3v) is 7.06. The number of amides is 1. The molecule has 5 aromatic rings. The summed E-state index contributed by atoms with van der Waals surface area (Å²) in [6, 6.07) is 40.3. The zero-order chi connectivity index (χ0) is 28.3. The van der Waals surface area contributed by atoms with Crippen LogP contribution in [-0.4, -0.2) is 10.8 Å². The van der Waals surface area contributed by atoms with E-state index in [0.717, 1.165) is 37.7 Å². The fraction of sp³-hybridized carbons (Fsp3) is 0.0606. The van der Waals surface area contributed by atoms with E-state index < -0.39 is 0 Å². The minimum atomic E-state index is -0.344. The SMILES string of the molecule is O=C(Nc1cc(Br)ccc1Cc1ccccc1)c1ccccc1.O=[N+]([O-])c1cc(Br)ccc1Cc1ccccc1. The van der Waals surface area contributed by atoms with Crippen molar-refractivity contribution in [3.05, 3.63) is 174 Å². The van der Waals surface area contributed by atoms with Crippen LogP contribution in [-0.2, 0) is 12.8 Å². The number of nitrogens with zero attached hydrogens (tertiary/aromatic N) is 1. The predicted octanol–water partition coefficient (Wildman–Crippen LogP) is 9.24. The van der Waals surface area contributed by atoms with E-state index in [1.54, 1.807) is 6.07 Å². The summed E-state index contributed by atoms with van der Waals surface area (Å²) < 4.78 is 1.67. The van der Waals surface area contributed by atoms with Crippen LogP contribution in [0.4, 0.5) is 11.4 Å². The van der Waals surface area contributed by atoms with Gasteiger partial charge < -0.3 is 5.32 Å². The lowest BCUT2D eigenvalue weighted by Gasteiger charge is -2.12. The van der Waals surface area contributed by atoms with E-state index in [4.69, 9.17) is 0 Å². The maximum Gasteiger partial charge on any atom is 0.274 e. The van der Waals surface area contributed by atoms with Gasteiger partial charge in [-0.15, -0.1) is 0 Å². The van der Waals surface area contributed by atoms with E-state index in [2.05, 4.69) is 49.3 Å². The summed E-state index contributed by atoms with van der Waals surface area (Å²) in [4.78, 5) is 23.0. The van der Waals surface area contributed by atoms with Crippen LogP contribution >= 0.6 is 31.9 Å². The summed E-state index contributed by atoms with van der Waals surface area (Å²) in [5.41, 5.74) is 5.73. The van der Waals surface area contributed by atoms with Crippen molar-refractivity contribution >= 4 is 49.1 Å². The first-order valence-electron chi connectivity index (χ1n) is 12.5. The maximum atomic E-state index is 12.4. The van der Waals surface area contributed by atoms with E-state index in [9.17, 15) is 14.9 Å². The highest BCUT2D eigenvalue weighted by Crippen LogP contribution is 2.26. The quantitative estimate of drug-likeness (QED) is 0.140. The molecule has 0 saturated heterocycles. The van der Waals surface area contributed by atoms with Gasteiger partial charge in [-0.05, 0) is 53.4 Å². The van der Waals surface area contributed by atoms with Gasteiger partial charge in [-0.3, -0.25) is 14.9 Å². The van der Waals surface area contributed by atoms with Crippen LogP contribution < -0.4 is 5.32 Å². The number of nitro benzene ring substituents is 1. The fourth-order valence-electron chi connectivity index (χ4n) is 4.09. The van der Waals surface area contributed by atoms with Crippen molar-refractivity contribution in [2.75, 3.05) is 5.32 Å². The number of hydrogen-bond donors (Lipinski definition) is 1. The van der Waals surface area contributed by atoms with Crippen LogP contribution in [0.25, 0.3) is 0 Å². The van der Waals surface area contributed by atoms with Crippen molar-refractivity contribution in [2.24, 2.45) is 0 Å². The third kappa shape index (κ3) is 8.46. The lowest BCUT2D eigenvalue weighted by molar-refractivity contribution is -0.385. The van der Waals surface area contributed by atoms with Gasteiger partial charge in [0.2, 0.25) is 0 Å². The second kappa shape index (κ2) is 14.4. The number of benzene rings is 5. The molecule has 0 aliphatic rings. The standard InChI is InChI=1S/C20H16BrNO.C13H10BrNO2/c21-18-12-11-17(13-15-7-3-1-4-8-15)19(14-18)22-20(23)16-9-5-2-6-10-16;14-12-7-6-11(13(9-12)15(16)17)8-10-4-2-1-3-5-10/h1-12,14H,13H2,(H,22,23);1-7,9H,8H2. The summed E-state index contributed by atoms with van der Waals surface area (Å²) >= 11 is 6.72. The molecule has 40 heavy (non-hydrogen) atoms. The van der Waals surface area contributed by atoms with Crippen molar-refractivity contribution in [3.8, 4) is 0 Å². The Bertz CT molecular complexity index is 1580. The van der Waals surface area contributed by atoms with E-state index in [1.165, 1.54) is 11.6 Å². The van der Waals surface area contributed by atoms with Gasteiger partial charge in [0.15, 0.2) is 0 Å². The van der Waals surface area contributed by atoms with Gasteiger partial charge in [0.05, 0.1) is 4.92 Å². The minimum Gasteiger partial charge on any atom is -0.322 e. The highest BCUT2D eigenvalue weighted by Gasteiger charge is 2.14. The molecule has 5 rings (SSSR count). The van der Waals surface area contributed by atoms with E-state index >= 15 is 0 Å². The molecule has 0 radical (unpaired) electrons. The molecule has 0 fully saturated rings. The van der Waals surface area contributed by atoms with E-state index in [0.29, 0.717) is 12.0 Å². The third-order valence-electron chi connectivity index (χ3n) is 6.07. The van der Waals surface area contributed by atoms with Crippen molar-refractivity contribution in [2.45, 2.75) is 12.8 Å². The Morgan fingerprint density at radius 3 is 1.68 bits per heavy atom. The van der Waals surface area contributed by atoms with Gasteiger partial charge in [-0.1, -0.05) is 123 Å². The van der Waals surface area contributed by atoms with Crippen molar-refractivity contribution in [1.82, 2.24) is 0 Å². The van der Waals surface area contributed by atoms with Gasteiger partial charge >= 0.3 is 0 Å².